The van der Waals surface area contributed by atoms with Crippen molar-refractivity contribution in [3.05, 3.63) is 24.6 Å². The van der Waals surface area contributed by atoms with Crippen LogP contribution >= 0.6 is 0 Å². The number of piperidine rings is 1. The van der Waals surface area contributed by atoms with Crippen molar-refractivity contribution in [2.24, 2.45) is 10.7 Å². The first-order chi connectivity index (χ1) is 7.02. The lowest BCUT2D eigenvalue weighted by Gasteiger charge is -2.30. The molecular weight excluding hydrogens is 190 g/mol. The molecule has 15 heavy (non-hydrogen) atoms. The van der Waals surface area contributed by atoms with Crippen LogP contribution in [0.15, 0.2) is 29.5 Å². The van der Waals surface area contributed by atoms with Gasteiger partial charge in [0.1, 0.15) is 0 Å². The Labute approximate surface area is 90.2 Å². The summed E-state index contributed by atoms with van der Waals surface area (Å²) < 4.78 is 0. The summed E-state index contributed by atoms with van der Waals surface area (Å²) in [6.07, 6.45) is 3.21. The lowest BCUT2D eigenvalue weighted by Crippen LogP contribution is -2.47. The second-order valence-electron chi connectivity index (χ2n) is 3.72. The van der Waals surface area contributed by atoms with Gasteiger partial charge in [0.15, 0.2) is 0 Å². The van der Waals surface area contributed by atoms with E-state index in [2.05, 4.69) is 18.2 Å². The zero-order valence-corrected chi connectivity index (χ0v) is 9.07. The van der Waals surface area contributed by atoms with Gasteiger partial charge in [-0.3, -0.25) is 9.79 Å². The molecule has 0 saturated carbocycles. The van der Waals surface area contributed by atoms with Crippen molar-refractivity contribution in [1.82, 2.24) is 4.90 Å². The molecule has 1 saturated heterocycles. The molecule has 0 aliphatic carbocycles. The molecule has 82 valence electrons. The summed E-state index contributed by atoms with van der Waals surface area (Å²) in [5.74, 6) is -0.0700. The fourth-order valence-corrected chi connectivity index (χ4v) is 1.44. The third-order valence-corrected chi connectivity index (χ3v) is 2.26. The first-order valence-electron chi connectivity index (χ1n) is 4.98. The van der Waals surface area contributed by atoms with Crippen LogP contribution in [-0.4, -0.2) is 29.6 Å². The molecule has 1 aliphatic heterocycles. The molecule has 4 nitrogen and oxygen atoms in total. The zero-order valence-electron chi connectivity index (χ0n) is 9.07. The molecule has 1 rings (SSSR count). The largest absolute Gasteiger partial charge is 0.320 e. The number of allylic oxidation sites excluding steroid dienone is 2. The normalized spacial score (nSPS) is 22.1. The average molecular weight is 207 g/mol. The van der Waals surface area contributed by atoms with Gasteiger partial charge >= 0.3 is 0 Å². The smallest absolute Gasteiger partial charge is 0.243 e. The van der Waals surface area contributed by atoms with Gasteiger partial charge in [-0.1, -0.05) is 13.2 Å². The second-order valence-corrected chi connectivity index (χ2v) is 3.72. The maximum Gasteiger partial charge on any atom is 0.243 e. The lowest BCUT2D eigenvalue weighted by molar-refractivity contribution is -0.132. The SMILES string of the molecule is C=C(C)/N=C\C(=C)N1CCCC(N)C1=O. The summed E-state index contributed by atoms with van der Waals surface area (Å²) in [6, 6.07) is -0.395. The van der Waals surface area contributed by atoms with Crippen LogP contribution in [0.1, 0.15) is 19.8 Å². The van der Waals surface area contributed by atoms with Crippen LogP contribution in [0.2, 0.25) is 0 Å². The Kier molecular flexibility index (Phi) is 3.80. The topological polar surface area (TPSA) is 58.7 Å². The summed E-state index contributed by atoms with van der Waals surface area (Å²) in [7, 11) is 0. The predicted molar refractivity (Wildman–Crippen MR) is 61.4 cm³/mol. The molecule has 0 bridgehead atoms. The first-order valence-corrected chi connectivity index (χ1v) is 4.98. The minimum Gasteiger partial charge on any atom is -0.320 e. The van der Waals surface area contributed by atoms with Gasteiger partial charge < -0.3 is 10.6 Å². The van der Waals surface area contributed by atoms with Crippen LogP contribution in [0.4, 0.5) is 0 Å². The number of hydrogen-bond acceptors (Lipinski definition) is 3. The number of carbonyl (C=O) groups is 1. The van der Waals surface area contributed by atoms with Crippen molar-refractivity contribution in [2.45, 2.75) is 25.8 Å². The van der Waals surface area contributed by atoms with Crippen LogP contribution in [0.3, 0.4) is 0 Å². The number of likely N-dealkylation sites (tertiary alicyclic amines) is 1. The Balaban J connectivity index is 2.66. The van der Waals surface area contributed by atoms with Crippen LogP contribution in [0.5, 0.6) is 0 Å². The molecule has 0 radical (unpaired) electrons. The predicted octanol–water partition coefficient (Wildman–Crippen LogP) is 1.05. The molecule has 1 aliphatic rings. The minimum atomic E-state index is -0.395. The monoisotopic (exact) mass is 207 g/mol. The molecule has 2 N–H and O–H groups in total. The summed E-state index contributed by atoms with van der Waals surface area (Å²) in [5, 5.41) is 0. The molecule has 1 fully saturated rings. The quantitative estimate of drug-likeness (QED) is 0.703. The lowest BCUT2D eigenvalue weighted by atomic mass is 10.1. The average Bonchev–Trinajstić information content (AvgIpc) is 2.18. The van der Waals surface area contributed by atoms with Crippen molar-refractivity contribution in [2.75, 3.05) is 6.54 Å². The summed E-state index contributed by atoms with van der Waals surface area (Å²) >= 11 is 0. The maximum atomic E-state index is 11.7. The third-order valence-electron chi connectivity index (χ3n) is 2.26. The van der Waals surface area contributed by atoms with E-state index in [0.717, 1.165) is 12.8 Å². The molecule has 1 atom stereocenters. The van der Waals surface area contributed by atoms with E-state index in [0.29, 0.717) is 17.9 Å². The molecule has 0 aromatic carbocycles. The number of carbonyl (C=O) groups excluding carboxylic acids is 1. The van der Waals surface area contributed by atoms with E-state index in [9.17, 15) is 4.79 Å². The Morgan fingerprint density at radius 2 is 2.33 bits per heavy atom. The Hall–Kier alpha value is -1.42. The van der Waals surface area contributed by atoms with E-state index in [1.165, 1.54) is 0 Å². The van der Waals surface area contributed by atoms with Crippen LogP contribution in [0, 0.1) is 0 Å². The van der Waals surface area contributed by atoms with Gasteiger partial charge in [-0.15, -0.1) is 0 Å². The highest BCUT2D eigenvalue weighted by Crippen LogP contribution is 2.13. The first kappa shape index (κ1) is 11.7. The van der Waals surface area contributed by atoms with Crippen molar-refractivity contribution in [3.8, 4) is 0 Å². The fraction of sp³-hybridized carbons (Fsp3) is 0.455. The molecule has 0 aromatic heterocycles. The number of aliphatic imine (C=N–C) groups is 1. The van der Waals surface area contributed by atoms with Crippen molar-refractivity contribution in [3.63, 3.8) is 0 Å². The van der Waals surface area contributed by atoms with Crippen LogP contribution < -0.4 is 5.73 Å². The highest BCUT2D eigenvalue weighted by atomic mass is 16.2. The third kappa shape index (κ3) is 3.02. The minimum absolute atomic E-state index is 0.0700. The summed E-state index contributed by atoms with van der Waals surface area (Å²) in [4.78, 5) is 17.3. The molecule has 4 heteroatoms. The number of nitrogens with zero attached hydrogens (tertiary/aromatic N) is 2. The summed E-state index contributed by atoms with van der Waals surface area (Å²) in [5.41, 5.74) is 6.93. The Morgan fingerprint density at radius 1 is 1.67 bits per heavy atom. The van der Waals surface area contributed by atoms with Gasteiger partial charge in [0.2, 0.25) is 5.91 Å². The Morgan fingerprint density at radius 3 is 2.93 bits per heavy atom. The highest BCUT2D eigenvalue weighted by Gasteiger charge is 2.26. The second kappa shape index (κ2) is 4.89. The summed E-state index contributed by atoms with van der Waals surface area (Å²) in [6.45, 7) is 9.89. The van der Waals surface area contributed by atoms with E-state index in [1.54, 1.807) is 18.0 Å². The van der Waals surface area contributed by atoms with E-state index in [1.807, 2.05) is 0 Å². The number of hydrogen-bond donors (Lipinski definition) is 1. The van der Waals surface area contributed by atoms with Gasteiger partial charge in [-0.2, -0.15) is 0 Å². The molecular formula is C11H17N3O. The fourth-order valence-electron chi connectivity index (χ4n) is 1.44. The van der Waals surface area contributed by atoms with E-state index in [-0.39, 0.29) is 5.91 Å². The van der Waals surface area contributed by atoms with Gasteiger partial charge in [0.05, 0.1) is 18.0 Å². The van der Waals surface area contributed by atoms with E-state index < -0.39 is 6.04 Å². The Bertz CT molecular complexity index is 320. The van der Waals surface area contributed by atoms with Crippen LogP contribution in [0.25, 0.3) is 0 Å². The van der Waals surface area contributed by atoms with Crippen molar-refractivity contribution >= 4 is 12.1 Å². The highest BCUT2D eigenvalue weighted by molar-refractivity contribution is 5.91. The molecule has 0 spiro atoms. The molecule has 0 aromatic rings. The molecule has 1 heterocycles. The zero-order chi connectivity index (χ0) is 11.4. The maximum absolute atomic E-state index is 11.7. The number of rotatable bonds is 3. The van der Waals surface area contributed by atoms with Crippen LogP contribution in [-0.2, 0) is 4.79 Å². The van der Waals surface area contributed by atoms with Gasteiger partial charge in [0.25, 0.3) is 0 Å². The standard InChI is InChI=1S/C11H17N3O/c1-8(2)13-7-9(3)14-6-4-5-10(12)11(14)15/h7,10H,1,3-6,12H2,2H3/b13-7-. The van der Waals surface area contributed by atoms with Crippen molar-refractivity contribution in [1.29, 1.82) is 0 Å². The molecule has 1 amide bonds. The van der Waals surface area contributed by atoms with E-state index in [4.69, 9.17) is 5.73 Å². The number of nitrogens with two attached hydrogens (primary N) is 1. The van der Waals surface area contributed by atoms with E-state index >= 15 is 0 Å². The van der Waals surface area contributed by atoms with Gasteiger partial charge in [-0.05, 0) is 19.8 Å². The van der Waals surface area contributed by atoms with Gasteiger partial charge in [0, 0.05) is 12.2 Å². The van der Waals surface area contributed by atoms with Crippen molar-refractivity contribution < 1.29 is 4.79 Å². The number of amides is 1. The van der Waals surface area contributed by atoms with Gasteiger partial charge in [-0.25, -0.2) is 0 Å². The molecule has 1 unspecified atom stereocenters.